The van der Waals surface area contributed by atoms with Gasteiger partial charge in [0.1, 0.15) is 0 Å². The lowest BCUT2D eigenvalue weighted by Crippen LogP contribution is -1.92. The molecule has 0 radical (unpaired) electrons. The zero-order valence-electron chi connectivity index (χ0n) is 13.5. The van der Waals surface area contributed by atoms with Gasteiger partial charge in [0.15, 0.2) is 0 Å². The van der Waals surface area contributed by atoms with Crippen LogP contribution >= 0.6 is 0 Å². The smallest absolute Gasteiger partial charge is 0.0394 e. The van der Waals surface area contributed by atoms with Gasteiger partial charge in [0.05, 0.1) is 0 Å². The summed E-state index contributed by atoms with van der Waals surface area (Å²) in [5, 5.41) is 4.50. The summed E-state index contributed by atoms with van der Waals surface area (Å²) in [4.78, 5) is 0. The standard InChI is InChI=1S/C20H16N2.2H3N/c21-19-11-9-15(13-5-1-3-7-17(13)19)16-10-12-20(22)18-8-4-2-6-14(16)18;;/h1-12H,21-22H2;2*1H3. The maximum Gasteiger partial charge on any atom is 0.0394 e. The second-order valence-corrected chi connectivity index (χ2v) is 5.50. The average Bonchev–Trinajstić information content (AvgIpc) is 2.57. The normalized spacial score (nSPS) is 10.2. The molecule has 4 aromatic rings. The summed E-state index contributed by atoms with van der Waals surface area (Å²) in [6.45, 7) is 0. The quantitative estimate of drug-likeness (QED) is 0.362. The zero-order valence-corrected chi connectivity index (χ0v) is 13.5. The van der Waals surface area contributed by atoms with Crippen molar-refractivity contribution in [2.24, 2.45) is 0 Å². The predicted octanol–water partition coefficient (Wildman–Crippen LogP) is 5.15. The molecule has 0 aliphatic carbocycles. The van der Waals surface area contributed by atoms with E-state index in [2.05, 4.69) is 36.4 Å². The highest BCUT2D eigenvalue weighted by atomic mass is 14.6. The fourth-order valence-corrected chi connectivity index (χ4v) is 3.11. The molecule has 4 aromatic carbocycles. The highest BCUT2D eigenvalue weighted by molar-refractivity contribution is 6.10. The van der Waals surface area contributed by atoms with Crippen molar-refractivity contribution in [3.05, 3.63) is 72.8 Å². The molecular formula is C20H22N4. The number of nitrogen functional groups attached to an aromatic ring is 2. The summed E-state index contributed by atoms with van der Waals surface area (Å²) in [5.41, 5.74) is 16.2. The molecule has 122 valence electrons. The highest BCUT2D eigenvalue weighted by Gasteiger charge is 2.10. The Labute approximate surface area is 141 Å². The molecule has 0 unspecified atom stereocenters. The molecule has 0 saturated carbocycles. The minimum absolute atomic E-state index is 0. The van der Waals surface area contributed by atoms with Crippen LogP contribution in [0.15, 0.2) is 72.8 Å². The van der Waals surface area contributed by atoms with Crippen molar-refractivity contribution in [1.82, 2.24) is 12.3 Å². The molecule has 10 N–H and O–H groups in total. The van der Waals surface area contributed by atoms with E-state index in [-0.39, 0.29) is 12.3 Å². The number of benzene rings is 4. The third-order valence-electron chi connectivity index (χ3n) is 4.21. The van der Waals surface area contributed by atoms with Crippen LogP contribution in [0.3, 0.4) is 0 Å². The van der Waals surface area contributed by atoms with E-state index in [1.165, 1.54) is 11.1 Å². The Balaban J connectivity index is 0.00000104. The SMILES string of the molecule is N.N.Nc1ccc(-c2ccc(N)c3ccccc23)c2ccccc12. The van der Waals surface area contributed by atoms with Crippen LogP contribution in [0, 0.1) is 0 Å². The Morgan fingerprint density at radius 1 is 0.417 bits per heavy atom. The van der Waals surface area contributed by atoms with Crippen LogP contribution in [0.25, 0.3) is 32.7 Å². The van der Waals surface area contributed by atoms with E-state index in [9.17, 15) is 0 Å². The second kappa shape index (κ2) is 6.58. The van der Waals surface area contributed by atoms with Gasteiger partial charge in [-0.15, -0.1) is 0 Å². The maximum atomic E-state index is 6.12. The van der Waals surface area contributed by atoms with E-state index in [0.29, 0.717) is 0 Å². The first-order valence-electron chi connectivity index (χ1n) is 7.30. The maximum absolute atomic E-state index is 6.12. The van der Waals surface area contributed by atoms with E-state index in [4.69, 9.17) is 11.5 Å². The zero-order chi connectivity index (χ0) is 15.1. The summed E-state index contributed by atoms with van der Waals surface area (Å²) in [5.74, 6) is 0. The number of nitrogens with two attached hydrogens (primary N) is 2. The monoisotopic (exact) mass is 318 g/mol. The third-order valence-corrected chi connectivity index (χ3v) is 4.21. The van der Waals surface area contributed by atoms with Crippen molar-refractivity contribution in [3.8, 4) is 11.1 Å². The lowest BCUT2D eigenvalue weighted by Gasteiger charge is -2.13. The van der Waals surface area contributed by atoms with Crippen molar-refractivity contribution >= 4 is 32.9 Å². The predicted molar refractivity (Wildman–Crippen MR) is 106 cm³/mol. The van der Waals surface area contributed by atoms with Crippen LogP contribution in [-0.2, 0) is 0 Å². The van der Waals surface area contributed by atoms with Crippen LogP contribution < -0.4 is 23.8 Å². The molecule has 4 nitrogen and oxygen atoms in total. The van der Waals surface area contributed by atoms with Gasteiger partial charge in [0, 0.05) is 22.1 Å². The molecule has 0 aliphatic rings. The van der Waals surface area contributed by atoms with Crippen molar-refractivity contribution in [2.45, 2.75) is 0 Å². The van der Waals surface area contributed by atoms with Gasteiger partial charge in [-0.2, -0.15) is 0 Å². The Kier molecular flexibility index (Phi) is 4.74. The van der Waals surface area contributed by atoms with Crippen molar-refractivity contribution in [3.63, 3.8) is 0 Å². The topological polar surface area (TPSA) is 122 Å². The lowest BCUT2D eigenvalue weighted by molar-refractivity contribution is 1.67. The largest absolute Gasteiger partial charge is 0.398 e. The van der Waals surface area contributed by atoms with Crippen LogP contribution in [0.4, 0.5) is 11.4 Å². The van der Waals surface area contributed by atoms with Crippen LogP contribution in [0.2, 0.25) is 0 Å². The molecule has 24 heavy (non-hydrogen) atoms. The number of anilines is 2. The lowest BCUT2D eigenvalue weighted by atomic mass is 9.93. The Bertz CT molecular complexity index is 925. The number of rotatable bonds is 1. The first kappa shape index (κ1) is 17.3. The van der Waals surface area contributed by atoms with Gasteiger partial charge in [-0.3, -0.25) is 0 Å². The molecule has 0 aromatic heterocycles. The van der Waals surface area contributed by atoms with Gasteiger partial charge in [0.2, 0.25) is 0 Å². The highest BCUT2D eigenvalue weighted by Crippen LogP contribution is 2.37. The summed E-state index contributed by atoms with van der Waals surface area (Å²) in [6, 6.07) is 24.6. The Morgan fingerprint density at radius 2 is 0.750 bits per heavy atom. The average molecular weight is 318 g/mol. The third kappa shape index (κ3) is 2.54. The molecular weight excluding hydrogens is 296 g/mol. The molecule has 4 heteroatoms. The molecule has 4 rings (SSSR count). The van der Waals surface area contributed by atoms with Crippen LogP contribution in [0.1, 0.15) is 0 Å². The van der Waals surface area contributed by atoms with Gasteiger partial charge < -0.3 is 23.8 Å². The van der Waals surface area contributed by atoms with E-state index < -0.39 is 0 Å². The van der Waals surface area contributed by atoms with Crippen LogP contribution in [-0.4, -0.2) is 0 Å². The minimum atomic E-state index is 0. The second-order valence-electron chi connectivity index (χ2n) is 5.50. The molecule has 0 atom stereocenters. The summed E-state index contributed by atoms with van der Waals surface area (Å²) >= 11 is 0. The summed E-state index contributed by atoms with van der Waals surface area (Å²) < 4.78 is 0. The van der Waals surface area contributed by atoms with Crippen LogP contribution in [0.5, 0.6) is 0 Å². The Morgan fingerprint density at radius 3 is 1.12 bits per heavy atom. The van der Waals surface area contributed by atoms with Crippen molar-refractivity contribution < 1.29 is 0 Å². The van der Waals surface area contributed by atoms with Gasteiger partial charge in [-0.1, -0.05) is 60.7 Å². The molecule has 0 fully saturated rings. The molecule has 0 saturated heterocycles. The van der Waals surface area contributed by atoms with Gasteiger partial charge >= 0.3 is 0 Å². The number of hydrogen-bond donors (Lipinski definition) is 4. The molecule has 0 amide bonds. The van der Waals surface area contributed by atoms with Crippen molar-refractivity contribution in [1.29, 1.82) is 0 Å². The first-order valence-corrected chi connectivity index (χ1v) is 7.30. The Hall–Kier alpha value is -3.08. The molecule has 0 heterocycles. The fraction of sp³-hybridized carbons (Fsp3) is 0. The molecule has 0 spiro atoms. The first-order chi connectivity index (χ1) is 10.8. The van der Waals surface area contributed by atoms with E-state index in [1.807, 2.05) is 36.4 Å². The van der Waals surface area contributed by atoms with Gasteiger partial charge in [-0.25, -0.2) is 0 Å². The fourth-order valence-electron chi connectivity index (χ4n) is 3.11. The van der Waals surface area contributed by atoms with Gasteiger partial charge in [-0.05, 0) is 34.0 Å². The molecule has 0 bridgehead atoms. The van der Waals surface area contributed by atoms with Gasteiger partial charge in [0.25, 0.3) is 0 Å². The summed E-state index contributed by atoms with van der Waals surface area (Å²) in [7, 11) is 0. The van der Waals surface area contributed by atoms with Crippen molar-refractivity contribution in [2.75, 3.05) is 11.5 Å². The number of fused-ring (bicyclic) bond motifs is 2. The minimum Gasteiger partial charge on any atom is -0.398 e. The summed E-state index contributed by atoms with van der Waals surface area (Å²) in [6.07, 6.45) is 0. The van der Waals surface area contributed by atoms with E-state index in [1.54, 1.807) is 0 Å². The van der Waals surface area contributed by atoms with E-state index >= 15 is 0 Å². The molecule has 0 aliphatic heterocycles. The van der Waals surface area contributed by atoms with E-state index in [0.717, 1.165) is 32.9 Å². The number of hydrogen-bond acceptors (Lipinski definition) is 4.